The van der Waals surface area contributed by atoms with Crippen LogP contribution in [0.1, 0.15) is 93.9 Å². The number of phenols is 1. The number of carboxylic acids is 1. The summed E-state index contributed by atoms with van der Waals surface area (Å²) in [4.78, 5) is 70.4. The van der Waals surface area contributed by atoms with E-state index in [0.29, 0.717) is 35.7 Å². The monoisotopic (exact) mass is 674 g/mol. The van der Waals surface area contributed by atoms with Crippen LogP contribution in [0.15, 0.2) is 29.1 Å². The van der Waals surface area contributed by atoms with Crippen LogP contribution in [-0.4, -0.2) is 55.7 Å². The number of phenolic OH excluding ortho intramolecular Hbond substituents is 1. The van der Waals surface area contributed by atoms with Crippen LogP contribution in [0.2, 0.25) is 0 Å². The van der Waals surface area contributed by atoms with E-state index in [0.717, 1.165) is 48.6 Å². The van der Waals surface area contributed by atoms with E-state index < -0.39 is 53.5 Å². The van der Waals surface area contributed by atoms with Gasteiger partial charge in [-0.3, -0.25) is 14.4 Å². The summed E-state index contributed by atoms with van der Waals surface area (Å²) in [5.74, 6) is -3.24. The molecule has 13 nitrogen and oxygen atoms in total. The molecule has 49 heavy (non-hydrogen) atoms. The molecule has 1 aromatic carbocycles. The molecule has 2 aliphatic heterocycles. The Kier molecular flexibility index (Phi) is 9.47. The Morgan fingerprint density at radius 2 is 1.90 bits per heavy atom. The standard InChI is InChI=1S/C36H42N4O9/c1-3-21-22-15-20(41)10-11-27(22)38-31-23(21)17-40-29(31)16-25-24(33(40)44)18-48-35(47)36(25,4-2)49-30(42)13-12-28(34(45)46)39-32(43)26(37)14-19-8-6-5-7-9-19/h10-11,15-16,19,26,28,41H,3-9,12-14,17-18,37H2,1-2H3,(H,39,43)(H,45,46)/t26-,28+,36-/m0/s1. The number of pyridine rings is 2. The highest BCUT2D eigenvalue weighted by Gasteiger charge is 2.50. The minimum Gasteiger partial charge on any atom is -0.508 e. The molecule has 3 aliphatic rings. The van der Waals surface area contributed by atoms with E-state index in [1.165, 1.54) is 0 Å². The molecule has 2 aromatic heterocycles. The van der Waals surface area contributed by atoms with E-state index in [4.69, 9.17) is 20.2 Å². The SMILES string of the molecule is CCc1c2c(nc3ccc(O)cc13)-c1cc3c(c(=O)n1C2)COC(=O)[C@@]3(CC)OC(=O)CC[C@@H](NC(=O)[C@@H](N)CC1CCCCC1)C(=O)O. The largest absolute Gasteiger partial charge is 0.508 e. The molecule has 1 amide bonds. The van der Waals surface area contributed by atoms with Crippen molar-refractivity contribution in [2.75, 3.05) is 0 Å². The lowest BCUT2D eigenvalue weighted by Crippen LogP contribution is -2.49. The quantitative estimate of drug-likeness (QED) is 0.170. The predicted octanol–water partition coefficient (Wildman–Crippen LogP) is 3.55. The lowest BCUT2D eigenvalue weighted by atomic mass is 9.85. The number of ether oxygens (including phenoxy) is 2. The highest BCUT2D eigenvalue weighted by atomic mass is 16.6. The van der Waals surface area contributed by atoms with Crippen LogP contribution in [-0.2, 0) is 53.8 Å². The number of nitrogens with zero attached hydrogens (tertiary/aromatic N) is 2. The highest BCUT2D eigenvalue weighted by molar-refractivity contribution is 5.91. The van der Waals surface area contributed by atoms with Crippen LogP contribution < -0.4 is 16.6 Å². The summed E-state index contributed by atoms with van der Waals surface area (Å²) in [7, 11) is 0. The van der Waals surface area contributed by atoms with Crippen molar-refractivity contribution in [3.63, 3.8) is 0 Å². The van der Waals surface area contributed by atoms with Crippen LogP contribution >= 0.6 is 0 Å². The maximum Gasteiger partial charge on any atom is 0.355 e. The van der Waals surface area contributed by atoms with Crippen molar-refractivity contribution >= 4 is 34.7 Å². The van der Waals surface area contributed by atoms with Crippen molar-refractivity contribution in [2.45, 2.75) is 109 Å². The van der Waals surface area contributed by atoms with E-state index in [1.807, 2.05) is 6.92 Å². The first-order valence-electron chi connectivity index (χ1n) is 17.1. The fraction of sp³-hybridized carbons (Fsp3) is 0.500. The van der Waals surface area contributed by atoms with Gasteiger partial charge in [-0.15, -0.1) is 0 Å². The van der Waals surface area contributed by atoms with Crippen molar-refractivity contribution in [3.05, 3.63) is 56.9 Å². The fourth-order valence-electron chi connectivity index (χ4n) is 7.64. The van der Waals surface area contributed by atoms with Crippen LogP contribution in [0.4, 0.5) is 0 Å². The Hall–Kier alpha value is -4.78. The summed E-state index contributed by atoms with van der Waals surface area (Å²) in [5, 5.41) is 23.2. The number of aliphatic carboxylic acids is 1. The summed E-state index contributed by atoms with van der Waals surface area (Å²) in [6.07, 6.45) is 5.59. The number of carbonyl (C=O) groups is 4. The van der Waals surface area contributed by atoms with Crippen molar-refractivity contribution in [3.8, 4) is 17.1 Å². The molecule has 260 valence electrons. The maximum absolute atomic E-state index is 13.9. The van der Waals surface area contributed by atoms with Gasteiger partial charge in [-0.1, -0.05) is 46.0 Å². The summed E-state index contributed by atoms with van der Waals surface area (Å²) in [5.41, 5.74) is 7.55. The third kappa shape index (κ3) is 6.27. The van der Waals surface area contributed by atoms with E-state index in [2.05, 4.69) is 5.32 Å². The van der Waals surface area contributed by atoms with Crippen LogP contribution in [0.3, 0.4) is 0 Å². The van der Waals surface area contributed by atoms with E-state index in [1.54, 1.807) is 35.8 Å². The van der Waals surface area contributed by atoms with Gasteiger partial charge in [0.2, 0.25) is 11.5 Å². The van der Waals surface area contributed by atoms with Gasteiger partial charge < -0.3 is 35.3 Å². The Labute approximate surface area is 282 Å². The first-order valence-corrected chi connectivity index (χ1v) is 17.1. The minimum absolute atomic E-state index is 0.0555. The Morgan fingerprint density at radius 1 is 1.14 bits per heavy atom. The zero-order chi connectivity index (χ0) is 35.0. The molecule has 1 saturated carbocycles. The number of fused-ring (bicyclic) bond motifs is 5. The number of nitrogens with two attached hydrogens (primary N) is 1. The summed E-state index contributed by atoms with van der Waals surface area (Å²) in [6.45, 7) is 3.54. The molecule has 1 fully saturated rings. The number of aromatic nitrogens is 2. The molecule has 5 N–H and O–H groups in total. The van der Waals surface area contributed by atoms with Crippen molar-refractivity contribution in [2.24, 2.45) is 11.7 Å². The Morgan fingerprint density at radius 3 is 2.59 bits per heavy atom. The number of amides is 1. The zero-order valence-corrected chi connectivity index (χ0v) is 27.8. The van der Waals surface area contributed by atoms with Crippen LogP contribution in [0, 0.1) is 5.92 Å². The Balaban J connectivity index is 1.24. The predicted molar refractivity (Wildman–Crippen MR) is 177 cm³/mol. The smallest absolute Gasteiger partial charge is 0.355 e. The molecule has 0 bridgehead atoms. The van der Waals surface area contributed by atoms with Gasteiger partial charge in [0.05, 0.1) is 35.1 Å². The van der Waals surface area contributed by atoms with Crippen LogP contribution in [0.25, 0.3) is 22.3 Å². The van der Waals surface area contributed by atoms with Crippen molar-refractivity contribution in [1.82, 2.24) is 14.9 Å². The lowest BCUT2D eigenvalue weighted by Gasteiger charge is -2.35. The molecular weight excluding hydrogens is 632 g/mol. The highest BCUT2D eigenvalue weighted by Crippen LogP contribution is 2.42. The van der Waals surface area contributed by atoms with Gasteiger partial charge in [0.1, 0.15) is 18.4 Å². The Bertz CT molecular complexity index is 1900. The number of benzene rings is 1. The zero-order valence-electron chi connectivity index (χ0n) is 27.8. The summed E-state index contributed by atoms with van der Waals surface area (Å²) < 4.78 is 12.8. The minimum atomic E-state index is -1.96. The number of esters is 2. The molecule has 0 unspecified atom stereocenters. The van der Waals surface area contributed by atoms with Gasteiger partial charge in [0, 0.05) is 22.9 Å². The second kappa shape index (κ2) is 13.6. The van der Waals surface area contributed by atoms with E-state index in [-0.39, 0.29) is 42.9 Å². The third-order valence-electron chi connectivity index (χ3n) is 10.3. The van der Waals surface area contributed by atoms with Gasteiger partial charge in [-0.25, -0.2) is 14.6 Å². The van der Waals surface area contributed by atoms with Crippen molar-refractivity contribution in [1.29, 1.82) is 0 Å². The lowest BCUT2D eigenvalue weighted by molar-refractivity contribution is -0.189. The first-order chi connectivity index (χ1) is 23.5. The van der Waals surface area contributed by atoms with E-state index in [9.17, 15) is 34.2 Å². The average Bonchev–Trinajstić information content (AvgIpc) is 3.45. The average molecular weight is 675 g/mol. The number of carbonyl (C=O) groups excluding carboxylic acids is 3. The molecule has 4 heterocycles. The molecule has 0 radical (unpaired) electrons. The molecule has 0 spiro atoms. The summed E-state index contributed by atoms with van der Waals surface area (Å²) in [6, 6.07) is 4.29. The maximum atomic E-state index is 13.9. The van der Waals surface area contributed by atoms with Gasteiger partial charge in [-0.2, -0.15) is 0 Å². The van der Waals surface area contributed by atoms with Gasteiger partial charge in [0.25, 0.3) is 5.56 Å². The first kappa shape index (κ1) is 34.1. The van der Waals surface area contributed by atoms with Crippen LogP contribution in [0.5, 0.6) is 5.75 Å². The number of hydrogen-bond donors (Lipinski definition) is 4. The third-order valence-corrected chi connectivity index (χ3v) is 10.3. The number of cyclic esters (lactones) is 1. The number of aromatic hydroxyl groups is 1. The molecule has 3 atom stereocenters. The normalized spacial score (nSPS) is 19.7. The molecule has 0 saturated heterocycles. The molecule has 13 heteroatoms. The fourth-order valence-corrected chi connectivity index (χ4v) is 7.64. The number of hydrogen-bond acceptors (Lipinski definition) is 10. The van der Waals surface area contributed by atoms with Gasteiger partial charge >= 0.3 is 17.9 Å². The number of aryl methyl sites for hydroxylation is 1. The van der Waals surface area contributed by atoms with E-state index >= 15 is 0 Å². The van der Waals surface area contributed by atoms with Crippen molar-refractivity contribution < 1.29 is 38.9 Å². The molecule has 3 aromatic rings. The molecular formula is C36H42N4O9. The second-order valence-electron chi connectivity index (χ2n) is 13.3. The van der Waals surface area contributed by atoms with Gasteiger partial charge in [0.15, 0.2) is 0 Å². The molecule has 6 rings (SSSR count). The summed E-state index contributed by atoms with van der Waals surface area (Å²) >= 11 is 0. The molecule has 1 aliphatic carbocycles. The van der Waals surface area contributed by atoms with Gasteiger partial charge in [-0.05, 0) is 61.4 Å². The number of rotatable bonds is 11. The topological polar surface area (TPSA) is 200 Å². The second-order valence-corrected chi connectivity index (χ2v) is 13.3. The number of carboxylic acid groups (broad SMARTS) is 1. The number of nitrogens with one attached hydrogen (secondary N) is 1.